The van der Waals surface area contributed by atoms with Gasteiger partial charge in [-0.1, -0.05) is 0 Å². The topological polar surface area (TPSA) is 110 Å². The number of aliphatic hydroxyl groups is 4. The van der Waals surface area contributed by atoms with Gasteiger partial charge in [-0.05, 0) is 44.0 Å². The molecule has 8 heteroatoms. The third-order valence-electron chi connectivity index (χ3n) is 2.73. The first-order chi connectivity index (χ1) is 8.93. The summed E-state index contributed by atoms with van der Waals surface area (Å²) < 4.78 is 1.63. The maximum atomic E-state index is 9.89. The average molecular weight is 396 g/mol. The second-order valence-corrected chi connectivity index (χ2v) is 5.80. The third kappa shape index (κ3) is 2.99. The lowest BCUT2D eigenvalue weighted by Gasteiger charge is -2.19. The number of aromatic nitrogens is 2. The molecule has 0 saturated heterocycles. The van der Waals surface area contributed by atoms with Crippen LogP contribution in [-0.2, 0) is 0 Å². The molecular weight excluding hydrogens is 384 g/mol. The van der Waals surface area contributed by atoms with Crippen LogP contribution in [0.5, 0.6) is 0 Å². The molecule has 0 aliphatic heterocycles. The minimum Gasteiger partial charge on any atom is -0.394 e. The summed E-state index contributed by atoms with van der Waals surface area (Å²) in [6, 6.07) is 3.53. The second-order valence-electron chi connectivity index (χ2n) is 4.09. The van der Waals surface area contributed by atoms with E-state index < -0.39 is 24.9 Å². The third-order valence-corrected chi connectivity index (χ3v) is 4.57. The fraction of sp³-hybridized carbons (Fsp3) is 0.364. The molecule has 6 nitrogen and oxygen atoms in total. The molecule has 1 aromatic carbocycles. The zero-order valence-electron chi connectivity index (χ0n) is 9.59. The van der Waals surface area contributed by atoms with Crippen molar-refractivity contribution in [3.05, 3.63) is 26.9 Å². The minimum absolute atomic E-state index is 0.125. The highest BCUT2D eigenvalue weighted by molar-refractivity contribution is 9.13. The van der Waals surface area contributed by atoms with Gasteiger partial charge in [0.05, 0.1) is 17.6 Å². The molecule has 5 N–H and O–H groups in total. The van der Waals surface area contributed by atoms with Crippen LogP contribution in [0.3, 0.4) is 0 Å². The van der Waals surface area contributed by atoms with Gasteiger partial charge in [-0.2, -0.15) is 0 Å². The van der Waals surface area contributed by atoms with E-state index in [0.29, 0.717) is 11.0 Å². The van der Waals surface area contributed by atoms with Crippen molar-refractivity contribution in [1.29, 1.82) is 0 Å². The quantitative estimate of drug-likeness (QED) is 0.526. The van der Waals surface area contributed by atoms with Crippen LogP contribution >= 0.6 is 31.9 Å². The maximum absolute atomic E-state index is 9.89. The highest BCUT2D eigenvalue weighted by Crippen LogP contribution is 2.29. The number of H-pyrrole nitrogens is 1. The molecule has 0 saturated carbocycles. The number of aromatic amines is 1. The van der Waals surface area contributed by atoms with Crippen LogP contribution in [0.1, 0.15) is 11.9 Å². The van der Waals surface area contributed by atoms with E-state index in [-0.39, 0.29) is 5.82 Å². The summed E-state index contributed by atoms with van der Waals surface area (Å²) >= 11 is 6.69. The molecule has 1 aromatic heterocycles. The van der Waals surface area contributed by atoms with Crippen LogP contribution in [0.4, 0.5) is 0 Å². The second kappa shape index (κ2) is 5.86. The average Bonchev–Trinajstić information content (AvgIpc) is 2.79. The normalized spacial score (nSPS) is 16.5. The molecule has 3 atom stereocenters. The van der Waals surface area contributed by atoms with Crippen LogP contribution in [0.2, 0.25) is 0 Å². The van der Waals surface area contributed by atoms with Gasteiger partial charge in [0.1, 0.15) is 24.1 Å². The Morgan fingerprint density at radius 1 is 1.16 bits per heavy atom. The van der Waals surface area contributed by atoms with Crippen molar-refractivity contribution < 1.29 is 20.4 Å². The molecule has 0 radical (unpaired) electrons. The van der Waals surface area contributed by atoms with Gasteiger partial charge in [0.2, 0.25) is 0 Å². The molecule has 0 aliphatic carbocycles. The Kier molecular flexibility index (Phi) is 4.59. The monoisotopic (exact) mass is 394 g/mol. The van der Waals surface area contributed by atoms with E-state index in [9.17, 15) is 15.3 Å². The lowest BCUT2D eigenvalue weighted by Crippen LogP contribution is -2.35. The number of fused-ring (bicyclic) bond motifs is 1. The maximum Gasteiger partial charge on any atom is 0.140 e. The first-order valence-corrected chi connectivity index (χ1v) is 7.02. The van der Waals surface area contributed by atoms with Gasteiger partial charge in [-0.25, -0.2) is 4.98 Å². The van der Waals surface area contributed by atoms with Gasteiger partial charge in [-0.3, -0.25) is 0 Å². The first kappa shape index (κ1) is 14.9. The highest BCUT2D eigenvalue weighted by Gasteiger charge is 2.27. The molecule has 0 aliphatic rings. The number of aliphatic hydroxyl groups excluding tert-OH is 4. The fourth-order valence-electron chi connectivity index (χ4n) is 1.64. The summed E-state index contributed by atoms with van der Waals surface area (Å²) in [5, 5.41) is 37.6. The smallest absolute Gasteiger partial charge is 0.140 e. The van der Waals surface area contributed by atoms with Gasteiger partial charge in [0, 0.05) is 8.95 Å². The zero-order valence-corrected chi connectivity index (χ0v) is 12.8. The van der Waals surface area contributed by atoms with Gasteiger partial charge in [0.15, 0.2) is 0 Å². The van der Waals surface area contributed by atoms with Crippen LogP contribution in [0.15, 0.2) is 21.1 Å². The molecular formula is C11H12Br2N2O4. The van der Waals surface area contributed by atoms with E-state index in [1.807, 2.05) is 0 Å². The molecule has 0 spiro atoms. The van der Waals surface area contributed by atoms with Gasteiger partial charge in [0.25, 0.3) is 0 Å². The van der Waals surface area contributed by atoms with Crippen molar-refractivity contribution >= 4 is 42.9 Å². The van der Waals surface area contributed by atoms with Crippen molar-refractivity contribution in [2.75, 3.05) is 6.61 Å². The minimum atomic E-state index is -1.52. The Hall–Kier alpha value is -0.510. The molecule has 0 fully saturated rings. The summed E-state index contributed by atoms with van der Waals surface area (Å²) in [4.78, 5) is 7.00. The van der Waals surface area contributed by atoms with Gasteiger partial charge >= 0.3 is 0 Å². The highest BCUT2D eigenvalue weighted by atomic mass is 79.9. The summed E-state index contributed by atoms with van der Waals surface area (Å²) in [7, 11) is 0. The Morgan fingerprint density at radius 2 is 1.79 bits per heavy atom. The molecule has 0 bridgehead atoms. The number of nitrogens with zero attached hydrogens (tertiary/aromatic N) is 1. The Bertz CT molecular complexity index is 550. The largest absolute Gasteiger partial charge is 0.394 e. The van der Waals surface area contributed by atoms with Crippen LogP contribution in [0, 0.1) is 0 Å². The molecule has 1 unspecified atom stereocenters. The van der Waals surface area contributed by atoms with E-state index in [1.54, 1.807) is 12.1 Å². The number of imidazole rings is 1. The Labute approximate surface area is 125 Å². The van der Waals surface area contributed by atoms with E-state index in [1.165, 1.54) is 0 Å². The van der Waals surface area contributed by atoms with Crippen LogP contribution in [0.25, 0.3) is 11.0 Å². The fourth-order valence-corrected chi connectivity index (χ4v) is 2.32. The summed E-state index contributed by atoms with van der Waals surface area (Å²) in [5.41, 5.74) is 1.28. The SMILES string of the molecule is OC[C@@H](O)[C@H](O)C(O)c1nc2cc(Br)c(Br)cc2[nH]1. The van der Waals surface area contributed by atoms with Crippen LogP contribution in [-0.4, -0.2) is 49.2 Å². The van der Waals surface area contributed by atoms with Crippen molar-refractivity contribution in [1.82, 2.24) is 9.97 Å². The lowest BCUT2D eigenvalue weighted by atomic mass is 10.1. The molecule has 1 heterocycles. The number of hydrogen-bond donors (Lipinski definition) is 5. The van der Waals surface area contributed by atoms with Crippen molar-refractivity contribution in [3.63, 3.8) is 0 Å². The van der Waals surface area contributed by atoms with E-state index in [2.05, 4.69) is 41.8 Å². The van der Waals surface area contributed by atoms with E-state index in [4.69, 9.17) is 5.11 Å². The summed E-state index contributed by atoms with van der Waals surface area (Å²) in [6.45, 7) is -0.643. The van der Waals surface area contributed by atoms with Crippen molar-refractivity contribution in [3.8, 4) is 0 Å². The number of rotatable bonds is 4. The molecule has 104 valence electrons. The van der Waals surface area contributed by atoms with E-state index in [0.717, 1.165) is 8.95 Å². The molecule has 2 aromatic rings. The Morgan fingerprint density at radius 3 is 2.42 bits per heavy atom. The molecule has 2 rings (SSSR count). The number of halogens is 2. The number of hydrogen-bond acceptors (Lipinski definition) is 5. The lowest BCUT2D eigenvalue weighted by molar-refractivity contribution is -0.0800. The predicted molar refractivity (Wildman–Crippen MR) is 75.6 cm³/mol. The van der Waals surface area contributed by atoms with Crippen molar-refractivity contribution in [2.24, 2.45) is 0 Å². The van der Waals surface area contributed by atoms with Crippen LogP contribution < -0.4 is 0 Å². The number of nitrogens with one attached hydrogen (secondary N) is 1. The standard InChI is InChI=1S/C11H12Br2N2O4/c12-4-1-6-7(2-5(4)13)15-11(14-6)10(19)9(18)8(17)3-16/h1-2,8-10,16-19H,3H2,(H,14,15)/t8-,9+,10?/m1/s1. The Balaban J connectivity index is 2.35. The molecule has 0 amide bonds. The number of benzene rings is 1. The molecule has 19 heavy (non-hydrogen) atoms. The van der Waals surface area contributed by atoms with Gasteiger partial charge in [-0.15, -0.1) is 0 Å². The summed E-state index contributed by atoms with van der Waals surface area (Å²) in [5.74, 6) is 0.125. The zero-order chi connectivity index (χ0) is 14.2. The van der Waals surface area contributed by atoms with Crippen molar-refractivity contribution in [2.45, 2.75) is 18.3 Å². The van der Waals surface area contributed by atoms with E-state index >= 15 is 0 Å². The first-order valence-electron chi connectivity index (χ1n) is 5.43. The summed E-state index contributed by atoms with van der Waals surface area (Å²) in [6.07, 6.45) is -4.36. The predicted octanol–water partition coefficient (Wildman–Crippen LogP) is 0.835. The van der Waals surface area contributed by atoms with Gasteiger partial charge < -0.3 is 25.4 Å².